The van der Waals surface area contributed by atoms with Crippen LogP contribution in [0.5, 0.6) is 0 Å². The third kappa shape index (κ3) is 2.36. The van der Waals surface area contributed by atoms with Crippen molar-refractivity contribution in [3.05, 3.63) is 54.1 Å². The van der Waals surface area contributed by atoms with Gasteiger partial charge in [-0.25, -0.2) is 0 Å². The molecule has 0 aromatic heterocycles. The molecular formula is C24H25NO. The molecule has 0 amide bonds. The molecule has 5 rings (SSSR count). The maximum absolute atomic E-state index is 5.86. The van der Waals surface area contributed by atoms with Crippen LogP contribution in [0, 0.1) is 0 Å². The van der Waals surface area contributed by atoms with E-state index in [0.29, 0.717) is 6.10 Å². The van der Waals surface area contributed by atoms with Gasteiger partial charge in [-0.1, -0.05) is 57.2 Å². The Kier molecular flexibility index (Phi) is 3.42. The van der Waals surface area contributed by atoms with Gasteiger partial charge in [-0.05, 0) is 70.0 Å². The third-order valence-corrected chi connectivity index (χ3v) is 5.89. The van der Waals surface area contributed by atoms with E-state index in [1.165, 1.54) is 45.0 Å². The first-order chi connectivity index (χ1) is 12.5. The van der Waals surface area contributed by atoms with Crippen LogP contribution < -0.4 is 5.48 Å². The molecule has 2 aliphatic rings. The second-order valence-electron chi connectivity index (χ2n) is 8.67. The summed E-state index contributed by atoms with van der Waals surface area (Å²) in [5.74, 6) is 0. The van der Waals surface area contributed by atoms with Crippen molar-refractivity contribution in [2.45, 2.75) is 51.6 Å². The van der Waals surface area contributed by atoms with E-state index < -0.39 is 0 Å². The normalized spacial score (nSPS) is 15.8. The minimum Gasteiger partial charge on any atom is -0.273 e. The molecule has 3 aromatic carbocycles. The molecule has 0 radical (unpaired) electrons. The predicted octanol–water partition coefficient (Wildman–Crippen LogP) is 6.68. The van der Waals surface area contributed by atoms with Crippen LogP contribution in [0.1, 0.15) is 45.6 Å². The molecule has 1 fully saturated rings. The van der Waals surface area contributed by atoms with Crippen LogP contribution in [0.15, 0.2) is 48.5 Å². The summed E-state index contributed by atoms with van der Waals surface area (Å²) in [5.41, 5.74) is 11.2. The fourth-order valence-electron chi connectivity index (χ4n) is 4.05. The largest absolute Gasteiger partial charge is 0.273 e. The molecule has 0 heterocycles. The summed E-state index contributed by atoms with van der Waals surface area (Å²) >= 11 is 0. The number of nitrogens with one attached hydrogen (secondary N) is 1. The number of benzene rings is 3. The molecule has 0 spiro atoms. The van der Waals surface area contributed by atoms with Crippen molar-refractivity contribution in [2.75, 3.05) is 5.48 Å². The molecule has 2 aliphatic carbocycles. The Morgan fingerprint density at radius 2 is 1.65 bits per heavy atom. The van der Waals surface area contributed by atoms with Crippen LogP contribution in [0.4, 0.5) is 5.69 Å². The molecule has 0 unspecified atom stereocenters. The van der Waals surface area contributed by atoms with E-state index in [0.717, 1.165) is 18.5 Å². The Bertz CT molecular complexity index is 1010. The van der Waals surface area contributed by atoms with Gasteiger partial charge < -0.3 is 0 Å². The highest BCUT2D eigenvalue weighted by Crippen LogP contribution is 2.49. The van der Waals surface area contributed by atoms with Gasteiger partial charge in [0.05, 0.1) is 11.8 Å². The maximum Gasteiger partial charge on any atom is 0.0854 e. The fraction of sp³-hybridized carbons (Fsp3) is 0.333. The first-order valence-electron chi connectivity index (χ1n) is 9.65. The Hall–Kier alpha value is -2.32. The molecule has 1 saturated carbocycles. The Balaban J connectivity index is 1.63. The summed E-state index contributed by atoms with van der Waals surface area (Å²) < 4.78 is 0. The number of hydrogen-bond donors (Lipinski definition) is 1. The number of rotatable bonds is 3. The minimum absolute atomic E-state index is 0.154. The van der Waals surface area contributed by atoms with Gasteiger partial charge in [0.25, 0.3) is 0 Å². The summed E-state index contributed by atoms with van der Waals surface area (Å²) in [6.07, 6.45) is 3.97. The zero-order valence-corrected chi connectivity index (χ0v) is 15.7. The number of anilines is 1. The Labute approximate surface area is 155 Å². The summed E-state index contributed by atoms with van der Waals surface area (Å²) in [7, 11) is 0. The molecule has 0 saturated heterocycles. The quantitative estimate of drug-likeness (QED) is 0.419. The summed E-state index contributed by atoms with van der Waals surface area (Å²) in [4.78, 5) is 5.86. The highest BCUT2D eigenvalue weighted by Gasteiger charge is 2.25. The number of fused-ring (bicyclic) bond motifs is 3. The fourth-order valence-corrected chi connectivity index (χ4v) is 4.05. The van der Waals surface area contributed by atoms with E-state index in [9.17, 15) is 0 Å². The molecule has 1 N–H and O–H groups in total. The van der Waals surface area contributed by atoms with Gasteiger partial charge in [0, 0.05) is 5.39 Å². The van der Waals surface area contributed by atoms with E-state index in [-0.39, 0.29) is 5.41 Å². The van der Waals surface area contributed by atoms with Gasteiger partial charge >= 0.3 is 0 Å². The Morgan fingerprint density at radius 3 is 2.38 bits per heavy atom. The van der Waals surface area contributed by atoms with Gasteiger partial charge in [0.1, 0.15) is 0 Å². The monoisotopic (exact) mass is 343 g/mol. The van der Waals surface area contributed by atoms with Crippen molar-refractivity contribution >= 4 is 16.5 Å². The molecule has 2 heteroatoms. The van der Waals surface area contributed by atoms with E-state index >= 15 is 0 Å². The van der Waals surface area contributed by atoms with Gasteiger partial charge in [0.2, 0.25) is 0 Å². The SMILES string of the molecule is CC(C)(C)c1ccc2c(c1)-c1cccc3c(NOC4CCC4)ccc-2c13. The first-order valence-corrected chi connectivity index (χ1v) is 9.65. The molecule has 3 aromatic rings. The van der Waals surface area contributed by atoms with Crippen molar-refractivity contribution in [3.63, 3.8) is 0 Å². The van der Waals surface area contributed by atoms with Crippen molar-refractivity contribution in [3.8, 4) is 22.3 Å². The summed E-state index contributed by atoms with van der Waals surface area (Å²) in [5, 5.41) is 2.59. The highest BCUT2D eigenvalue weighted by atomic mass is 16.7. The molecule has 0 aliphatic heterocycles. The smallest absolute Gasteiger partial charge is 0.0854 e. The van der Waals surface area contributed by atoms with Crippen molar-refractivity contribution in [2.24, 2.45) is 0 Å². The summed E-state index contributed by atoms with van der Waals surface area (Å²) in [6.45, 7) is 6.83. The third-order valence-electron chi connectivity index (χ3n) is 5.89. The predicted molar refractivity (Wildman–Crippen MR) is 109 cm³/mol. The average Bonchev–Trinajstić information content (AvgIpc) is 2.90. The van der Waals surface area contributed by atoms with Crippen LogP contribution in [-0.4, -0.2) is 6.10 Å². The lowest BCUT2D eigenvalue weighted by atomic mass is 9.85. The van der Waals surface area contributed by atoms with Crippen LogP contribution in [0.2, 0.25) is 0 Å². The first kappa shape index (κ1) is 15.9. The topological polar surface area (TPSA) is 21.3 Å². The highest BCUT2D eigenvalue weighted by molar-refractivity contribution is 6.18. The van der Waals surface area contributed by atoms with Crippen molar-refractivity contribution < 1.29 is 4.84 Å². The Morgan fingerprint density at radius 1 is 0.885 bits per heavy atom. The number of hydrogen-bond acceptors (Lipinski definition) is 2. The van der Waals surface area contributed by atoms with Gasteiger partial charge in [0.15, 0.2) is 0 Å². The summed E-state index contributed by atoms with van der Waals surface area (Å²) in [6, 6.07) is 18.0. The maximum atomic E-state index is 5.86. The molecule has 0 atom stereocenters. The second kappa shape index (κ2) is 5.59. The van der Waals surface area contributed by atoms with Crippen molar-refractivity contribution in [1.29, 1.82) is 0 Å². The molecule has 132 valence electrons. The van der Waals surface area contributed by atoms with E-state index in [1.807, 2.05) is 0 Å². The lowest BCUT2D eigenvalue weighted by Crippen LogP contribution is -2.24. The van der Waals surface area contributed by atoms with E-state index in [2.05, 4.69) is 74.8 Å². The van der Waals surface area contributed by atoms with Crippen LogP contribution in [0.25, 0.3) is 33.0 Å². The molecule has 0 bridgehead atoms. The average molecular weight is 343 g/mol. The van der Waals surface area contributed by atoms with Crippen LogP contribution >= 0.6 is 0 Å². The second-order valence-corrected chi connectivity index (χ2v) is 8.67. The van der Waals surface area contributed by atoms with E-state index in [1.54, 1.807) is 0 Å². The van der Waals surface area contributed by atoms with Gasteiger partial charge in [-0.15, -0.1) is 0 Å². The van der Waals surface area contributed by atoms with Crippen molar-refractivity contribution in [1.82, 2.24) is 0 Å². The lowest BCUT2D eigenvalue weighted by Gasteiger charge is -2.25. The molecular weight excluding hydrogens is 318 g/mol. The minimum atomic E-state index is 0.154. The van der Waals surface area contributed by atoms with E-state index in [4.69, 9.17) is 4.84 Å². The van der Waals surface area contributed by atoms with Gasteiger partial charge in [-0.2, -0.15) is 0 Å². The molecule has 26 heavy (non-hydrogen) atoms. The van der Waals surface area contributed by atoms with Crippen LogP contribution in [-0.2, 0) is 10.3 Å². The standard InChI is InChI=1S/C24H25NO/c1-24(2,3)15-10-11-17-19-12-13-22(25-26-16-6-4-7-16)20-9-5-8-18(23(19)20)21(17)14-15/h5,8-14,16,25H,4,6-7H2,1-3H3. The zero-order chi connectivity index (χ0) is 17.9. The zero-order valence-electron chi connectivity index (χ0n) is 15.7. The van der Waals surface area contributed by atoms with Gasteiger partial charge in [-0.3, -0.25) is 10.3 Å². The van der Waals surface area contributed by atoms with Crippen LogP contribution in [0.3, 0.4) is 0 Å². The molecule has 2 nitrogen and oxygen atoms in total. The lowest BCUT2D eigenvalue weighted by molar-refractivity contribution is 0.0394.